The molecule has 0 N–H and O–H groups in total. The highest BCUT2D eigenvalue weighted by Gasteiger charge is 2.03. The second-order valence-electron chi connectivity index (χ2n) is 4.81. The maximum atomic E-state index is 3.88. The van der Waals surface area contributed by atoms with Crippen molar-refractivity contribution in [3.63, 3.8) is 0 Å². The maximum Gasteiger partial charge on any atom is -0.0276 e. The lowest BCUT2D eigenvalue weighted by molar-refractivity contribution is 0.644. The zero-order valence-corrected chi connectivity index (χ0v) is 11.1. The van der Waals surface area contributed by atoms with Gasteiger partial charge in [0.2, 0.25) is 0 Å². The molecule has 0 spiro atoms. The van der Waals surface area contributed by atoms with Crippen LogP contribution in [0.15, 0.2) is 12.1 Å². The molecular weight excluding hydrogens is 192 g/mol. The van der Waals surface area contributed by atoms with Crippen LogP contribution in [0.5, 0.6) is 0 Å². The number of aryl methyl sites for hydroxylation is 2. The summed E-state index contributed by atoms with van der Waals surface area (Å²) in [6.07, 6.45) is 7.62. The van der Waals surface area contributed by atoms with Crippen LogP contribution < -0.4 is 0 Å². The van der Waals surface area contributed by atoms with Crippen LogP contribution in [0.1, 0.15) is 54.4 Å². The van der Waals surface area contributed by atoms with Crippen molar-refractivity contribution < 1.29 is 0 Å². The summed E-state index contributed by atoms with van der Waals surface area (Å²) in [5.74, 6) is 0. The maximum absolute atomic E-state index is 3.88. The molecule has 1 aromatic rings. The Kier molecular flexibility index (Phi) is 5.59. The van der Waals surface area contributed by atoms with Crippen LogP contribution in [0, 0.1) is 27.7 Å². The third-order valence-electron chi connectivity index (χ3n) is 3.62. The van der Waals surface area contributed by atoms with E-state index in [1.165, 1.54) is 54.4 Å². The van der Waals surface area contributed by atoms with Crippen LogP contribution in [-0.4, -0.2) is 0 Å². The highest BCUT2D eigenvalue weighted by Crippen LogP contribution is 2.19. The van der Waals surface area contributed by atoms with Crippen molar-refractivity contribution in [1.29, 1.82) is 0 Å². The highest BCUT2D eigenvalue weighted by molar-refractivity contribution is 5.38. The fraction of sp³-hybridized carbons (Fsp3) is 0.562. The number of unbranched alkanes of at least 4 members (excludes halogenated alkanes) is 4. The summed E-state index contributed by atoms with van der Waals surface area (Å²) in [5.41, 5.74) is 5.92. The molecule has 1 aromatic carbocycles. The average molecular weight is 217 g/mol. The molecule has 0 nitrogen and oxygen atoms in total. The van der Waals surface area contributed by atoms with E-state index in [-0.39, 0.29) is 0 Å². The minimum absolute atomic E-state index is 1.09. The predicted molar refractivity (Wildman–Crippen MR) is 72.8 cm³/mol. The van der Waals surface area contributed by atoms with E-state index in [0.29, 0.717) is 0 Å². The Bertz CT molecular complexity index is 323. The van der Waals surface area contributed by atoms with E-state index in [9.17, 15) is 0 Å². The Hall–Kier alpha value is -0.780. The van der Waals surface area contributed by atoms with Gasteiger partial charge >= 0.3 is 0 Å². The molecular formula is C16H25. The van der Waals surface area contributed by atoms with Gasteiger partial charge in [-0.2, -0.15) is 0 Å². The predicted octanol–water partition coefficient (Wildman–Crippen LogP) is 4.94. The Morgan fingerprint density at radius 2 is 1.56 bits per heavy atom. The molecule has 0 amide bonds. The van der Waals surface area contributed by atoms with Gasteiger partial charge < -0.3 is 0 Å². The van der Waals surface area contributed by atoms with Crippen molar-refractivity contribution in [3.8, 4) is 0 Å². The molecule has 0 atom stereocenters. The van der Waals surface area contributed by atoms with Gasteiger partial charge in [-0.1, -0.05) is 44.7 Å². The lowest BCUT2D eigenvalue weighted by Crippen LogP contribution is -1.95. The van der Waals surface area contributed by atoms with Crippen LogP contribution in [0.25, 0.3) is 0 Å². The number of hydrogen-bond donors (Lipinski definition) is 0. The smallest absolute Gasteiger partial charge is 0.0276 e. The molecule has 0 saturated heterocycles. The molecule has 89 valence electrons. The molecule has 0 aromatic heterocycles. The van der Waals surface area contributed by atoms with Crippen LogP contribution in [0.4, 0.5) is 0 Å². The van der Waals surface area contributed by atoms with Crippen molar-refractivity contribution in [1.82, 2.24) is 0 Å². The van der Waals surface area contributed by atoms with Crippen molar-refractivity contribution >= 4 is 0 Å². The van der Waals surface area contributed by atoms with E-state index in [2.05, 4.69) is 39.8 Å². The van der Waals surface area contributed by atoms with Gasteiger partial charge in [-0.05, 0) is 55.9 Å². The second kappa shape index (κ2) is 6.73. The monoisotopic (exact) mass is 217 g/mol. The zero-order chi connectivity index (χ0) is 12.0. The third-order valence-corrected chi connectivity index (χ3v) is 3.62. The normalized spacial score (nSPS) is 10.8. The third kappa shape index (κ3) is 3.66. The van der Waals surface area contributed by atoms with Crippen molar-refractivity contribution in [2.24, 2.45) is 0 Å². The van der Waals surface area contributed by atoms with E-state index in [0.717, 1.165) is 6.42 Å². The van der Waals surface area contributed by atoms with E-state index in [1.54, 1.807) is 0 Å². The first-order valence-electron chi connectivity index (χ1n) is 6.51. The quantitative estimate of drug-likeness (QED) is 0.592. The number of rotatable bonds is 6. The van der Waals surface area contributed by atoms with Gasteiger partial charge in [-0.3, -0.25) is 0 Å². The van der Waals surface area contributed by atoms with Crippen molar-refractivity contribution in [2.45, 2.75) is 59.3 Å². The van der Waals surface area contributed by atoms with Crippen LogP contribution in [0.3, 0.4) is 0 Å². The fourth-order valence-electron chi connectivity index (χ4n) is 2.13. The van der Waals surface area contributed by atoms with Crippen LogP contribution in [0.2, 0.25) is 0 Å². The molecule has 0 heterocycles. The summed E-state index contributed by atoms with van der Waals surface area (Å²) in [6.45, 7) is 10.6. The second-order valence-corrected chi connectivity index (χ2v) is 4.81. The van der Waals surface area contributed by atoms with Gasteiger partial charge in [0.05, 0.1) is 0 Å². The summed E-state index contributed by atoms with van der Waals surface area (Å²) < 4.78 is 0. The summed E-state index contributed by atoms with van der Waals surface area (Å²) in [5, 5.41) is 0. The lowest BCUT2D eigenvalue weighted by Gasteiger charge is -2.11. The van der Waals surface area contributed by atoms with E-state index in [4.69, 9.17) is 0 Å². The highest BCUT2D eigenvalue weighted by atomic mass is 14.1. The number of benzene rings is 1. The fourth-order valence-corrected chi connectivity index (χ4v) is 2.13. The molecule has 0 saturated carbocycles. The lowest BCUT2D eigenvalue weighted by atomic mass is 9.95. The first kappa shape index (κ1) is 13.3. The van der Waals surface area contributed by atoms with Gasteiger partial charge in [0.15, 0.2) is 0 Å². The molecule has 0 unspecified atom stereocenters. The molecule has 0 heteroatoms. The summed E-state index contributed by atoms with van der Waals surface area (Å²) in [7, 11) is 0. The largest absolute Gasteiger partial charge is 0.0588 e. The minimum Gasteiger partial charge on any atom is -0.0588 e. The summed E-state index contributed by atoms with van der Waals surface area (Å²) in [4.78, 5) is 0. The Labute approximate surface area is 101 Å². The van der Waals surface area contributed by atoms with E-state index < -0.39 is 0 Å². The molecule has 16 heavy (non-hydrogen) atoms. The van der Waals surface area contributed by atoms with Gasteiger partial charge in [0.1, 0.15) is 0 Å². The summed E-state index contributed by atoms with van der Waals surface area (Å²) in [6, 6.07) is 4.56. The van der Waals surface area contributed by atoms with Gasteiger partial charge in [-0.25, -0.2) is 0 Å². The molecule has 0 aliphatic rings. The van der Waals surface area contributed by atoms with Gasteiger partial charge in [0, 0.05) is 0 Å². The van der Waals surface area contributed by atoms with Crippen LogP contribution >= 0.6 is 0 Å². The average Bonchev–Trinajstić information content (AvgIpc) is 2.28. The Morgan fingerprint density at radius 1 is 0.875 bits per heavy atom. The first-order valence-corrected chi connectivity index (χ1v) is 6.51. The first-order chi connectivity index (χ1) is 7.66. The topological polar surface area (TPSA) is 0 Å². The van der Waals surface area contributed by atoms with Crippen molar-refractivity contribution in [2.75, 3.05) is 0 Å². The summed E-state index contributed by atoms with van der Waals surface area (Å²) >= 11 is 0. The molecule has 0 aliphatic heterocycles. The zero-order valence-electron chi connectivity index (χ0n) is 11.1. The standard InChI is InChI=1S/C16H25/c1-5-6-7-8-9-10-16-12-11-13(2)14(3)15(16)4/h11-12H,1,5-10H2,2-4H3. The Morgan fingerprint density at radius 3 is 2.25 bits per heavy atom. The van der Waals surface area contributed by atoms with Crippen molar-refractivity contribution in [3.05, 3.63) is 41.3 Å². The van der Waals surface area contributed by atoms with Gasteiger partial charge in [0.25, 0.3) is 0 Å². The molecule has 0 fully saturated rings. The minimum atomic E-state index is 1.09. The van der Waals surface area contributed by atoms with E-state index >= 15 is 0 Å². The SMILES string of the molecule is [CH2]CCCCCCc1ccc(C)c(C)c1C. The Balaban J connectivity index is 2.45. The molecule has 1 rings (SSSR count). The molecule has 0 aliphatic carbocycles. The molecule has 1 radical (unpaired) electrons. The van der Waals surface area contributed by atoms with Gasteiger partial charge in [-0.15, -0.1) is 0 Å². The molecule has 0 bridgehead atoms. The number of hydrogen-bond acceptors (Lipinski definition) is 0. The van der Waals surface area contributed by atoms with E-state index in [1.807, 2.05) is 0 Å². The van der Waals surface area contributed by atoms with Crippen LogP contribution in [-0.2, 0) is 6.42 Å².